The quantitative estimate of drug-likeness (QED) is 0.704. The molecular weight excluding hydrogens is 188 g/mol. The van der Waals surface area contributed by atoms with Crippen LogP contribution in [0.1, 0.15) is 26.7 Å². The highest BCUT2D eigenvalue weighted by molar-refractivity contribution is 4.83. The standard InChI is InChI=1S/C12H26N2O/c1-10(2)15-9-12-8-11(13(3)4)6-7-14(12)5/h10-12H,6-9H2,1-5H3. The van der Waals surface area contributed by atoms with Crippen LogP contribution in [0, 0.1) is 0 Å². The minimum atomic E-state index is 0.345. The number of hydrogen-bond acceptors (Lipinski definition) is 3. The third kappa shape index (κ3) is 4.09. The van der Waals surface area contributed by atoms with Crippen LogP contribution in [0.4, 0.5) is 0 Å². The smallest absolute Gasteiger partial charge is 0.0625 e. The molecule has 15 heavy (non-hydrogen) atoms. The first kappa shape index (κ1) is 12.9. The molecule has 90 valence electrons. The highest BCUT2D eigenvalue weighted by atomic mass is 16.5. The predicted molar refractivity (Wildman–Crippen MR) is 64.2 cm³/mol. The van der Waals surface area contributed by atoms with Gasteiger partial charge in [0.05, 0.1) is 12.7 Å². The average molecular weight is 214 g/mol. The number of piperidine rings is 1. The second-order valence-corrected chi connectivity index (χ2v) is 5.16. The van der Waals surface area contributed by atoms with Crippen molar-refractivity contribution in [3.63, 3.8) is 0 Å². The Kier molecular flexibility index (Phi) is 5.03. The van der Waals surface area contributed by atoms with E-state index in [4.69, 9.17) is 4.74 Å². The summed E-state index contributed by atoms with van der Waals surface area (Å²) in [5.41, 5.74) is 0. The van der Waals surface area contributed by atoms with Crippen molar-refractivity contribution in [3.05, 3.63) is 0 Å². The van der Waals surface area contributed by atoms with E-state index in [2.05, 4.69) is 44.8 Å². The Morgan fingerprint density at radius 2 is 2.07 bits per heavy atom. The fourth-order valence-corrected chi connectivity index (χ4v) is 2.11. The van der Waals surface area contributed by atoms with Gasteiger partial charge in [0, 0.05) is 12.1 Å². The van der Waals surface area contributed by atoms with Gasteiger partial charge in [0.2, 0.25) is 0 Å². The normalized spacial score (nSPS) is 29.0. The van der Waals surface area contributed by atoms with Crippen LogP contribution in [0.3, 0.4) is 0 Å². The number of likely N-dealkylation sites (N-methyl/N-ethyl adjacent to an activating group) is 1. The van der Waals surface area contributed by atoms with E-state index < -0.39 is 0 Å². The lowest BCUT2D eigenvalue weighted by molar-refractivity contribution is 0.00478. The summed E-state index contributed by atoms with van der Waals surface area (Å²) >= 11 is 0. The van der Waals surface area contributed by atoms with E-state index in [9.17, 15) is 0 Å². The molecule has 0 N–H and O–H groups in total. The lowest BCUT2D eigenvalue weighted by Crippen LogP contribution is -2.48. The zero-order chi connectivity index (χ0) is 11.4. The first-order chi connectivity index (χ1) is 7.00. The second kappa shape index (κ2) is 5.83. The largest absolute Gasteiger partial charge is 0.377 e. The van der Waals surface area contributed by atoms with Gasteiger partial charge >= 0.3 is 0 Å². The maximum atomic E-state index is 5.72. The van der Waals surface area contributed by atoms with Crippen LogP contribution in [-0.2, 0) is 4.74 Å². The summed E-state index contributed by atoms with van der Waals surface area (Å²) in [6.07, 6.45) is 2.86. The fourth-order valence-electron chi connectivity index (χ4n) is 2.11. The van der Waals surface area contributed by atoms with Gasteiger partial charge in [0.1, 0.15) is 0 Å². The molecule has 3 heteroatoms. The highest BCUT2D eigenvalue weighted by Gasteiger charge is 2.27. The minimum absolute atomic E-state index is 0.345. The van der Waals surface area contributed by atoms with Gasteiger partial charge in [-0.3, -0.25) is 0 Å². The molecule has 1 heterocycles. The SMILES string of the molecule is CC(C)OCC1CC(N(C)C)CCN1C. The van der Waals surface area contributed by atoms with Crippen LogP contribution < -0.4 is 0 Å². The zero-order valence-corrected chi connectivity index (χ0v) is 10.9. The number of hydrogen-bond donors (Lipinski definition) is 0. The summed E-state index contributed by atoms with van der Waals surface area (Å²) in [6.45, 7) is 6.27. The van der Waals surface area contributed by atoms with Crippen molar-refractivity contribution in [1.82, 2.24) is 9.80 Å². The van der Waals surface area contributed by atoms with Gasteiger partial charge in [0.15, 0.2) is 0 Å². The maximum absolute atomic E-state index is 5.72. The molecule has 0 radical (unpaired) electrons. The predicted octanol–water partition coefficient (Wildman–Crippen LogP) is 1.44. The molecular formula is C12H26N2O. The van der Waals surface area contributed by atoms with Crippen molar-refractivity contribution < 1.29 is 4.74 Å². The van der Waals surface area contributed by atoms with Crippen LogP contribution in [0.2, 0.25) is 0 Å². The average Bonchev–Trinajstić information content (AvgIpc) is 2.16. The van der Waals surface area contributed by atoms with Crippen LogP contribution >= 0.6 is 0 Å². The second-order valence-electron chi connectivity index (χ2n) is 5.16. The van der Waals surface area contributed by atoms with Gasteiger partial charge < -0.3 is 14.5 Å². The van der Waals surface area contributed by atoms with Gasteiger partial charge in [-0.15, -0.1) is 0 Å². The Bertz CT molecular complexity index is 182. The number of likely N-dealkylation sites (tertiary alicyclic amines) is 1. The molecule has 1 rings (SSSR count). The summed E-state index contributed by atoms with van der Waals surface area (Å²) < 4.78 is 5.72. The van der Waals surface area contributed by atoms with Crippen molar-refractivity contribution in [3.8, 4) is 0 Å². The third-order valence-electron chi connectivity index (χ3n) is 3.33. The van der Waals surface area contributed by atoms with E-state index in [1.165, 1.54) is 19.4 Å². The van der Waals surface area contributed by atoms with Gasteiger partial charge in [0.25, 0.3) is 0 Å². The molecule has 2 unspecified atom stereocenters. The molecule has 0 bridgehead atoms. The first-order valence-electron chi connectivity index (χ1n) is 5.99. The van der Waals surface area contributed by atoms with Crippen molar-refractivity contribution in [2.45, 2.75) is 44.9 Å². The molecule has 0 aromatic heterocycles. The van der Waals surface area contributed by atoms with E-state index >= 15 is 0 Å². The van der Waals surface area contributed by atoms with Crippen LogP contribution in [-0.4, -0.2) is 62.3 Å². The third-order valence-corrected chi connectivity index (χ3v) is 3.33. The van der Waals surface area contributed by atoms with Crippen LogP contribution in [0.25, 0.3) is 0 Å². The van der Waals surface area contributed by atoms with E-state index in [0.717, 1.165) is 12.6 Å². The monoisotopic (exact) mass is 214 g/mol. The topological polar surface area (TPSA) is 15.7 Å². The molecule has 1 fully saturated rings. The molecule has 0 aromatic rings. The molecule has 1 aliphatic rings. The van der Waals surface area contributed by atoms with Crippen LogP contribution in [0.15, 0.2) is 0 Å². The van der Waals surface area contributed by atoms with Crippen LogP contribution in [0.5, 0.6) is 0 Å². The van der Waals surface area contributed by atoms with E-state index in [1.54, 1.807) is 0 Å². The lowest BCUT2D eigenvalue weighted by Gasteiger charge is -2.39. The minimum Gasteiger partial charge on any atom is -0.377 e. The van der Waals surface area contributed by atoms with Crippen molar-refractivity contribution in [1.29, 1.82) is 0 Å². The van der Waals surface area contributed by atoms with Gasteiger partial charge in [-0.05, 0) is 54.4 Å². The van der Waals surface area contributed by atoms with Gasteiger partial charge in [-0.1, -0.05) is 0 Å². The summed E-state index contributed by atoms with van der Waals surface area (Å²) in [6, 6.07) is 1.32. The number of nitrogens with zero attached hydrogens (tertiary/aromatic N) is 2. The Hall–Kier alpha value is -0.120. The summed E-state index contributed by atoms with van der Waals surface area (Å²) in [7, 11) is 6.56. The van der Waals surface area contributed by atoms with Gasteiger partial charge in [-0.2, -0.15) is 0 Å². The van der Waals surface area contributed by atoms with Crippen molar-refractivity contribution in [2.75, 3.05) is 34.3 Å². The zero-order valence-electron chi connectivity index (χ0n) is 10.9. The Labute approximate surface area is 94.4 Å². The van der Waals surface area contributed by atoms with E-state index in [-0.39, 0.29) is 0 Å². The number of rotatable bonds is 4. The molecule has 0 aromatic carbocycles. The molecule has 1 saturated heterocycles. The highest BCUT2D eigenvalue weighted by Crippen LogP contribution is 2.19. The number of ether oxygens (including phenoxy) is 1. The summed E-state index contributed by atoms with van der Waals surface area (Å²) in [4.78, 5) is 4.78. The Morgan fingerprint density at radius 3 is 2.60 bits per heavy atom. The molecule has 0 spiro atoms. The molecule has 0 saturated carbocycles. The molecule has 3 nitrogen and oxygen atoms in total. The Morgan fingerprint density at radius 1 is 1.40 bits per heavy atom. The van der Waals surface area contributed by atoms with Crippen molar-refractivity contribution in [2.24, 2.45) is 0 Å². The van der Waals surface area contributed by atoms with E-state index in [1.807, 2.05) is 0 Å². The first-order valence-corrected chi connectivity index (χ1v) is 5.99. The Balaban J connectivity index is 2.39. The summed E-state index contributed by atoms with van der Waals surface area (Å²) in [5.74, 6) is 0. The molecule has 0 amide bonds. The van der Waals surface area contributed by atoms with Gasteiger partial charge in [-0.25, -0.2) is 0 Å². The molecule has 0 aliphatic carbocycles. The lowest BCUT2D eigenvalue weighted by atomic mass is 9.97. The van der Waals surface area contributed by atoms with E-state index in [0.29, 0.717) is 12.1 Å². The fraction of sp³-hybridized carbons (Fsp3) is 1.00. The summed E-state index contributed by atoms with van der Waals surface area (Å²) in [5, 5.41) is 0. The molecule has 2 atom stereocenters. The maximum Gasteiger partial charge on any atom is 0.0625 e. The molecule has 1 aliphatic heterocycles. The van der Waals surface area contributed by atoms with Crippen molar-refractivity contribution >= 4 is 0 Å².